The molecule has 0 spiro atoms. The molecule has 3 rings (SSSR count). The van der Waals surface area contributed by atoms with E-state index in [2.05, 4.69) is 0 Å². The number of halogens is 1. The molecule has 0 radical (unpaired) electrons. The SMILES string of the molecule is CC1(C)OB(c2cccc3c2C[C@@H](F)[C@H]3O)OC1(C)C. The topological polar surface area (TPSA) is 38.7 Å². The average Bonchev–Trinajstić information content (AvgIpc) is 2.74. The molecule has 1 N–H and O–H groups in total. The van der Waals surface area contributed by atoms with Gasteiger partial charge in [-0.3, -0.25) is 0 Å². The zero-order chi connectivity index (χ0) is 14.7. The van der Waals surface area contributed by atoms with Crippen molar-refractivity contribution in [3.63, 3.8) is 0 Å². The first-order valence-corrected chi connectivity index (χ1v) is 7.02. The molecular formula is C15H20BFO3. The summed E-state index contributed by atoms with van der Waals surface area (Å²) in [7, 11) is -0.507. The summed E-state index contributed by atoms with van der Waals surface area (Å²) in [5.41, 5.74) is 1.47. The normalized spacial score (nSPS) is 30.6. The maximum absolute atomic E-state index is 13.7. The van der Waals surface area contributed by atoms with E-state index in [0.29, 0.717) is 5.56 Å². The molecule has 1 heterocycles. The van der Waals surface area contributed by atoms with Crippen molar-refractivity contribution in [2.75, 3.05) is 0 Å². The Bertz CT molecular complexity index is 528. The van der Waals surface area contributed by atoms with Gasteiger partial charge < -0.3 is 14.4 Å². The van der Waals surface area contributed by atoms with Gasteiger partial charge in [0, 0.05) is 6.42 Å². The van der Waals surface area contributed by atoms with Crippen molar-refractivity contribution in [3.05, 3.63) is 29.3 Å². The summed E-state index contributed by atoms with van der Waals surface area (Å²) in [6.07, 6.45) is -2.06. The Kier molecular flexibility index (Phi) is 3.02. The van der Waals surface area contributed by atoms with Crippen LogP contribution < -0.4 is 5.46 Å². The molecule has 0 aromatic heterocycles. The van der Waals surface area contributed by atoms with E-state index in [1.165, 1.54) is 0 Å². The predicted molar refractivity (Wildman–Crippen MR) is 75.7 cm³/mol. The lowest BCUT2D eigenvalue weighted by atomic mass is 9.75. The van der Waals surface area contributed by atoms with Crippen LogP contribution in [-0.2, 0) is 15.7 Å². The molecule has 1 aromatic carbocycles. The highest BCUT2D eigenvalue weighted by Gasteiger charge is 2.52. The average molecular weight is 278 g/mol. The number of hydrogen-bond acceptors (Lipinski definition) is 3. The predicted octanol–water partition coefficient (Wildman–Crippen LogP) is 1.91. The van der Waals surface area contributed by atoms with E-state index >= 15 is 0 Å². The second-order valence-electron chi connectivity index (χ2n) is 6.67. The van der Waals surface area contributed by atoms with Crippen molar-refractivity contribution in [1.29, 1.82) is 0 Å². The van der Waals surface area contributed by atoms with E-state index in [-0.39, 0.29) is 6.42 Å². The molecule has 5 heteroatoms. The van der Waals surface area contributed by atoms with Gasteiger partial charge in [0.1, 0.15) is 12.3 Å². The zero-order valence-electron chi connectivity index (χ0n) is 12.3. The number of aliphatic hydroxyl groups excluding tert-OH is 1. The van der Waals surface area contributed by atoms with E-state index in [1.807, 2.05) is 39.8 Å². The Morgan fingerprint density at radius 3 is 2.40 bits per heavy atom. The van der Waals surface area contributed by atoms with Gasteiger partial charge in [0.2, 0.25) is 0 Å². The molecule has 108 valence electrons. The Balaban J connectivity index is 1.99. The highest BCUT2D eigenvalue weighted by Crippen LogP contribution is 2.38. The Hall–Kier alpha value is -0.905. The van der Waals surface area contributed by atoms with Crippen LogP contribution in [0.1, 0.15) is 44.9 Å². The monoisotopic (exact) mass is 278 g/mol. The van der Waals surface area contributed by atoms with E-state index in [4.69, 9.17) is 9.31 Å². The standard InChI is InChI=1S/C15H20BFO3/c1-14(2)15(3,4)20-16(19-14)11-7-5-6-9-10(11)8-12(17)13(9)18/h5-7,12-13,18H,8H2,1-4H3/t12-,13+/m1/s1. The second-order valence-corrected chi connectivity index (χ2v) is 6.67. The van der Waals surface area contributed by atoms with Crippen LogP contribution in [0.5, 0.6) is 0 Å². The van der Waals surface area contributed by atoms with Gasteiger partial charge in [-0.1, -0.05) is 18.2 Å². The Labute approximate surface area is 119 Å². The molecule has 1 fully saturated rings. The minimum Gasteiger partial charge on any atom is -0.399 e. The first-order chi connectivity index (χ1) is 9.23. The molecular weight excluding hydrogens is 258 g/mol. The van der Waals surface area contributed by atoms with Gasteiger partial charge in [-0.25, -0.2) is 4.39 Å². The van der Waals surface area contributed by atoms with Crippen molar-refractivity contribution in [3.8, 4) is 0 Å². The minimum atomic E-state index is -1.24. The van der Waals surface area contributed by atoms with E-state index in [1.54, 1.807) is 6.07 Å². The van der Waals surface area contributed by atoms with Crippen LogP contribution >= 0.6 is 0 Å². The smallest absolute Gasteiger partial charge is 0.399 e. The van der Waals surface area contributed by atoms with Crippen LogP contribution in [0, 0.1) is 0 Å². The number of fused-ring (bicyclic) bond motifs is 1. The third kappa shape index (κ3) is 1.91. The van der Waals surface area contributed by atoms with Crippen LogP contribution in [0.2, 0.25) is 0 Å². The van der Waals surface area contributed by atoms with Gasteiger partial charge >= 0.3 is 7.12 Å². The number of aliphatic hydroxyl groups is 1. The van der Waals surface area contributed by atoms with Gasteiger partial charge in [-0.15, -0.1) is 0 Å². The zero-order valence-corrected chi connectivity index (χ0v) is 12.3. The number of hydrogen-bond donors (Lipinski definition) is 1. The molecule has 0 saturated carbocycles. The number of rotatable bonds is 1. The van der Waals surface area contributed by atoms with Crippen LogP contribution in [-0.4, -0.2) is 29.6 Å². The first kappa shape index (κ1) is 14.0. The van der Waals surface area contributed by atoms with Crippen molar-refractivity contribution in [2.45, 2.75) is 57.6 Å². The number of benzene rings is 1. The van der Waals surface area contributed by atoms with Crippen LogP contribution in [0.25, 0.3) is 0 Å². The first-order valence-electron chi connectivity index (χ1n) is 7.02. The molecule has 20 heavy (non-hydrogen) atoms. The summed E-state index contributed by atoms with van der Waals surface area (Å²) in [6.45, 7) is 7.96. The molecule has 1 aliphatic carbocycles. The molecule has 0 unspecified atom stereocenters. The van der Waals surface area contributed by atoms with Gasteiger partial charge in [0.05, 0.1) is 11.2 Å². The lowest BCUT2D eigenvalue weighted by Gasteiger charge is -2.32. The minimum absolute atomic E-state index is 0.219. The molecule has 0 bridgehead atoms. The summed E-state index contributed by atoms with van der Waals surface area (Å²) in [5, 5.41) is 9.87. The summed E-state index contributed by atoms with van der Waals surface area (Å²) in [4.78, 5) is 0. The van der Waals surface area contributed by atoms with Gasteiger partial charge in [-0.05, 0) is 44.3 Å². The summed E-state index contributed by atoms with van der Waals surface area (Å²) in [6, 6.07) is 5.49. The van der Waals surface area contributed by atoms with E-state index < -0.39 is 30.6 Å². The quantitative estimate of drug-likeness (QED) is 0.798. The molecule has 1 aromatic rings. The van der Waals surface area contributed by atoms with E-state index in [9.17, 15) is 9.50 Å². The largest absolute Gasteiger partial charge is 0.495 e. The highest BCUT2D eigenvalue weighted by atomic mass is 19.1. The van der Waals surface area contributed by atoms with Gasteiger partial charge in [0.15, 0.2) is 0 Å². The highest BCUT2D eigenvalue weighted by molar-refractivity contribution is 6.62. The van der Waals surface area contributed by atoms with Gasteiger partial charge in [-0.2, -0.15) is 0 Å². The van der Waals surface area contributed by atoms with E-state index in [0.717, 1.165) is 11.0 Å². The molecule has 2 atom stereocenters. The van der Waals surface area contributed by atoms with Crippen LogP contribution in [0.4, 0.5) is 4.39 Å². The summed E-state index contributed by atoms with van der Waals surface area (Å²) >= 11 is 0. The molecule has 1 aliphatic heterocycles. The third-order valence-corrected chi connectivity index (χ3v) is 4.82. The fourth-order valence-corrected chi connectivity index (χ4v) is 2.83. The fraction of sp³-hybridized carbons (Fsp3) is 0.600. The third-order valence-electron chi connectivity index (χ3n) is 4.82. The maximum atomic E-state index is 13.7. The molecule has 1 saturated heterocycles. The summed E-state index contributed by atoms with van der Waals surface area (Å²) in [5.74, 6) is 0. The van der Waals surface area contributed by atoms with Crippen LogP contribution in [0.15, 0.2) is 18.2 Å². The lowest BCUT2D eigenvalue weighted by Crippen LogP contribution is -2.41. The number of alkyl halides is 1. The van der Waals surface area contributed by atoms with Crippen LogP contribution in [0.3, 0.4) is 0 Å². The maximum Gasteiger partial charge on any atom is 0.495 e. The van der Waals surface area contributed by atoms with Crippen molar-refractivity contribution in [2.24, 2.45) is 0 Å². The second kappa shape index (κ2) is 4.29. The summed E-state index contributed by atoms with van der Waals surface area (Å²) < 4.78 is 25.8. The molecule has 2 aliphatic rings. The van der Waals surface area contributed by atoms with Crippen molar-refractivity contribution >= 4 is 12.6 Å². The lowest BCUT2D eigenvalue weighted by molar-refractivity contribution is 0.00578. The Morgan fingerprint density at radius 2 is 1.80 bits per heavy atom. The van der Waals surface area contributed by atoms with Crippen molar-refractivity contribution < 1.29 is 18.8 Å². The van der Waals surface area contributed by atoms with Gasteiger partial charge in [0.25, 0.3) is 0 Å². The fourth-order valence-electron chi connectivity index (χ4n) is 2.83. The molecule has 3 nitrogen and oxygen atoms in total. The Morgan fingerprint density at radius 1 is 1.20 bits per heavy atom. The van der Waals surface area contributed by atoms with Crippen molar-refractivity contribution in [1.82, 2.24) is 0 Å². The molecule has 0 amide bonds.